The third-order valence-electron chi connectivity index (χ3n) is 3.11. The Morgan fingerprint density at radius 3 is 2.81 bits per heavy atom. The number of hydrogen-bond acceptors (Lipinski definition) is 4. The largest absolute Gasteiger partial charge is 0.459 e. The fourth-order valence-electron chi connectivity index (χ4n) is 1.84. The van der Waals surface area contributed by atoms with Crippen LogP contribution in [-0.4, -0.2) is 15.7 Å². The van der Waals surface area contributed by atoms with E-state index in [9.17, 15) is 9.18 Å². The number of hydrogen-bond donors (Lipinski definition) is 1. The lowest BCUT2D eigenvalue weighted by atomic mass is 10.2. The van der Waals surface area contributed by atoms with E-state index in [-0.39, 0.29) is 13.2 Å². The number of aromatic nitrogens is 2. The lowest BCUT2D eigenvalue weighted by Crippen LogP contribution is -2.16. The average molecular weight is 312 g/mol. The van der Waals surface area contributed by atoms with Gasteiger partial charge in [-0.25, -0.2) is 4.39 Å². The second-order valence-corrected chi connectivity index (χ2v) is 5.05. The van der Waals surface area contributed by atoms with Crippen LogP contribution < -0.4 is 5.73 Å². The van der Waals surface area contributed by atoms with Gasteiger partial charge >= 0.3 is 5.97 Å². The van der Waals surface area contributed by atoms with Crippen molar-refractivity contribution in [2.24, 2.45) is 0 Å². The number of nitrogen functional groups attached to an aromatic ring is 1. The van der Waals surface area contributed by atoms with E-state index in [1.807, 2.05) is 0 Å². The topological polar surface area (TPSA) is 70.1 Å². The monoisotopic (exact) mass is 311 g/mol. The van der Waals surface area contributed by atoms with Crippen LogP contribution in [0.4, 0.5) is 10.1 Å². The van der Waals surface area contributed by atoms with Crippen LogP contribution in [-0.2, 0) is 22.7 Å². The SMILES string of the molecule is Cc1nn(CC(=O)OCc2cc(F)ccc2Cl)c(C)c1N. The van der Waals surface area contributed by atoms with Gasteiger partial charge in [-0.3, -0.25) is 9.48 Å². The fraction of sp³-hybridized carbons (Fsp3) is 0.286. The molecule has 2 N–H and O–H groups in total. The number of nitrogens with two attached hydrogens (primary N) is 1. The van der Waals surface area contributed by atoms with Crippen molar-refractivity contribution in [3.63, 3.8) is 0 Å². The molecule has 0 unspecified atom stereocenters. The second kappa shape index (κ2) is 6.13. The van der Waals surface area contributed by atoms with Crippen molar-refractivity contribution in [1.82, 2.24) is 9.78 Å². The Balaban J connectivity index is 1.99. The van der Waals surface area contributed by atoms with Crippen molar-refractivity contribution in [1.29, 1.82) is 0 Å². The molecule has 0 aliphatic heterocycles. The zero-order valence-electron chi connectivity index (χ0n) is 11.7. The van der Waals surface area contributed by atoms with Crippen LogP contribution in [0.1, 0.15) is 17.0 Å². The molecule has 0 fully saturated rings. The first-order chi connectivity index (χ1) is 9.88. The first-order valence-corrected chi connectivity index (χ1v) is 6.65. The van der Waals surface area contributed by atoms with Crippen LogP contribution in [0.2, 0.25) is 5.02 Å². The summed E-state index contributed by atoms with van der Waals surface area (Å²) in [6.45, 7) is 3.38. The Morgan fingerprint density at radius 2 is 2.19 bits per heavy atom. The molecule has 0 atom stereocenters. The molecule has 0 spiro atoms. The minimum absolute atomic E-state index is 0.0587. The number of carbonyl (C=O) groups is 1. The molecule has 1 aromatic carbocycles. The summed E-state index contributed by atoms with van der Waals surface area (Å²) in [7, 11) is 0. The highest BCUT2D eigenvalue weighted by molar-refractivity contribution is 6.31. The van der Waals surface area contributed by atoms with E-state index in [4.69, 9.17) is 22.1 Å². The van der Waals surface area contributed by atoms with Gasteiger partial charge < -0.3 is 10.5 Å². The van der Waals surface area contributed by atoms with E-state index >= 15 is 0 Å². The molecule has 5 nitrogen and oxygen atoms in total. The summed E-state index contributed by atoms with van der Waals surface area (Å²) in [6.07, 6.45) is 0. The van der Waals surface area contributed by atoms with Gasteiger partial charge in [0.1, 0.15) is 19.0 Å². The van der Waals surface area contributed by atoms with Crippen molar-refractivity contribution >= 4 is 23.3 Å². The first-order valence-electron chi connectivity index (χ1n) is 6.27. The quantitative estimate of drug-likeness (QED) is 0.881. The zero-order valence-corrected chi connectivity index (χ0v) is 12.4. The zero-order chi connectivity index (χ0) is 15.6. The molecule has 112 valence electrons. The van der Waals surface area contributed by atoms with Gasteiger partial charge in [-0.1, -0.05) is 11.6 Å². The molecule has 7 heteroatoms. The molecule has 0 aliphatic rings. The fourth-order valence-corrected chi connectivity index (χ4v) is 2.02. The average Bonchev–Trinajstić information content (AvgIpc) is 2.67. The summed E-state index contributed by atoms with van der Waals surface area (Å²) < 4.78 is 19.6. The predicted molar refractivity (Wildman–Crippen MR) is 77.3 cm³/mol. The number of rotatable bonds is 4. The molecular weight excluding hydrogens is 297 g/mol. The summed E-state index contributed by atoms with van der Waals surface area (Å²) >= 11 is 5.90. The van der Waals surface area contributed by atoms with E-state index in [2.05, 4.69) is 5.10 Å². The summed E-state index contributed by atoms with van der Waals surface area (Å²) in [5.74, 6) is -0.933. The standard InChI is InChI=1S/C14H15ClFN3O2/c1-8-14(17)9(2)19(18-8)6-13(20)21-7-10-5-11(16)3-4-12(10)15/h3-5H,6-7,17H2,1-2H3. The van der Waals surface area contributed by atoms with Gasteiger partial charge in [0.05, 0.1) is 17.1 Å². The number of anilines is 1. The number of carbonyl (C=O) groups excluding carboxylic acids is 1. The lowest BCUT2D eigenvalue weighted by molar-refractivity contribution is -0.145. The van der Waals surface area contributed by atoms with Crippen molar-refractivity contribution in [3.05, 3.63) is 46.0 Å². The van der Waals surface area contributed by atoms with Crippen LogP contribution in [0, 0.1) is 19.7 Å². The highest BCUT2D eigenvalue weighted by Crippen LogP contribution is 2.18. The molecule has 2 aromatic rings. The van der Waals surface area contributed by atoms with Gasteiger partial charge in [0.15, 0.2) is 0 Å². The van der Waals surface area contributed by atoms with E-state index in [0.29, 0.717) is 27.7 Å². The molecule has 0 aliphatic carbocycles. The van der Waals surface area contributed by atoms with Crippen LogP contribution in [0.5, 0.6) is 0 Å². The third-order valence-corrected chi connectivity index (χ3v) is 3.48. The molecule has 0 bridgehead atoms. The molecule has 0 saturated heterocycles. The Bertz CT molecular complexity index is 685. The van der Waals surface area contributed by atoms with Crippen LogP contribution in [0.15, 0.2) is 18.2 Å². The van der Waals surface area contributed by atoms with E-state index < -0.39 is 11.8 Å². The molecular formula is C14H15ClFN3O2. The van der Waals surface area contributed by atoms with Crippen LogP contribution >= 0.6 is 11.6 Å². The first kappa shape index (κ1) is 15.3. The van der Waals surface area contributed by atoms with Gasteiger partial charge in [0.2, 0.25) is 0 Å². The van der Waals surface area contributed by atoms with E-state index in [0.717, 1.165) is 0 Å². The molecule has 1 aromatic heterocycles. The van der Waals surface area contributed by atoms with Crippen molar-refractivity contribution in [2.75, 3.05) is 5.73 Å². The molecule has 0 saturated carbocycles. The van der Waals surface area contributed by atoms with Crippen molar-refractivity contribution in [2.45, 2.75) is 27.0 Å². The lowest BCUT2D eigenvalue weighted by Gasteiger charge is -2.08. The summed E-state index contributed by atoms with van der Waals surface area (Å²) in [4.78, 5) is 11.8. The van der Waals surface area contributed by atoms with Gasteiger partial charge in [-0.2, -0.15) is 5.10 Å². The maximum absolute atomic E-state index is 13.1. The minimum Gasteiger partial charge on any atom is -0.459 e. The van der Waals surface area contributed by atoms with Gasteiger partial charge in [-0.05, 0) is 32.0 Å². The molecule has 2 rings (SSSR count). The number of benzene rings is 1. The molecule has 0 radical (unpaired) electrons. The Morgan fingerprint density at radius 1 is 1.48 bits per heavy atom. The Kier molecular flexibility index (Phi) is 4.47. The summed E-state index contributed by atoms with van der Waals surface area (Å²) in [6, 6.07) is 3.89. The smallest absolute Gasteiger partial charge is 0.328 e. The number of esters is 1. The molecule has 0 amide bonds. The number of nitrogens with zero attached hydrogens (tertiary/aromatic N) is 2. The van der Waals surface area contributed by atoms with Gasteiger partial charge in [0.25, 0.3) is 0 Å². The van der Waals surface area contributed by atoms with Crippen LogP contribution in [0.3, 0.4) is 0 Å². The normalized spacial score (nSPS) is 10.7. The second-order valence-electron chi connectivity index (χ2n) is 4.64. The summed E-state index contributed by atoms with van der Waals surface area (Å²) in [5.41, 5.74) is 8.11. The predicted octanol–water partition coefficient (Wildman–Crippen LogP) is 2.62. The van der Waals surface area contributed by atoms with Crippen molar-refractivity contribution < 1.29 is 13.9 Å². The number of ether oxygens (including phenoxy) is 1. The van der Waals surface area contributed by atoms with E-state index in [1.54, 1.807) is 13.8 Å². The molecule has 21 heavy (non-hydrogen) atoms. The van der Waals surface area contributed by atoms with Gasteiger partial charge in [0, 0.05) is 10.6 Å². The van der Waals surface area contributed by atoms with Gasteiger partial charge in [-0.15, -0.1) is 0 Å². The van der Waals surface area contributed by atoms with Crippen molar-refractivity contribution in [3.8, 4) is 0 Å². The molecule has 1 heterocycles. The summed E-state index contributed by atoms with van der Waals surface area (Å²) in [5, 5.41) is 4.49. The minimum atomic E-state index is -0.499. The number of halogens is 2. The highest BCUT2D eigenvalue weighted by Gasteiger charge is 2.13. The maximum atomic E-state index is 13.1. The Labute approximate surface area is 126 Å². The third kappa shape index (κ3) is 3.52. The highest BCUT2D eigenvalue weighted by atomic mass is 35.5. The Hall–Kier alpha value is -2.08. The maximum Gasteiger partial charge on any atom is 0.328 e. The van der Waals surface area contributed by atoms with Crippen LogP contribution in [0.25, 0.3) is 0 Å². The van der Waals surface area contributed by atoms with E-state index in [1.165, 1.54) is 22.9 Å². The number of aryl methyl sites for hydroxylation is 1.